The summed E-state index contributed by atoms with van der Waals surface area (Å²) in [5.41, 5.74) is 0. The summed E-state index contributed by atoms with van der Waals surface area (Å²) < 4.78 is 31.7. The Bertz CT molecular complexity index is 731. The van der Waals surface area contributed by atoms with E-state index in [0.717, 1.165) is 0 Å². The normalized spacial score (nSPS) is 19.8. The Morgan fingerprint density at radius 2 is 1.96 bits per heavy atom. The van der Waals surface area contributed by atoms with Gasteiger partial charge in [0.15, 0.2) is 0 Å². The lowest BCUT2D eigenvalue weighted by atomic mass is 9.98. The highest BCUT2D eigenvalue weighted by molar-refractivity contribution is 7.89. The van der Waals surface area contributed by atoms with Crippen LogP contribution in [-0.2, 0) is 19.6 Å². The van der Waals surface area contributed by atoms with E-state index in [-0.39, 0.29) is 11.4 Å². The number of carbonyl (C=O) groups is 2. The van der Waals surface area contributed by atoms with Crippen LogP contribution in [0.25, 0.3) is 0 Å². The number of aliphatic carboxylic acids is 1. The summed E-state index contributed by atoms with van der Waals surface area (Å²) in [6, 6.07) is 4.90. The number of carboxylic acid groups (broad SMARTS) is 1. The van der Waals surface area contributed by atoms with Crippen LogP contribution in [0.2, 0.25) is 0 Å². The number of nitrogens with one attached hydrogen (secondary N) is 1. The summed E-state index contributed by atoms with van der Waals surface area (Å²) in [7, 11) is -2.24. The Balaban J connectivity index is 2.11. The minimum atomic E-state index is -3.73. The smallest absolute Gasteiger partial charge is 0.243 e. The number of hydrogen-bond acceptors (Lipinski definition) is 6. The zero-order valence-corrected chi connectivity index (χ0v) is 14.9. The van der Waals surface area contributed by atoms with Crippen molar-refractivity contribution in [3.05, 3.63) is 24.3 Å². The molecule has 0 radical (unpaired) electrons. The molecule has 25 heavy (non-hydrogen) atoms. The minimum absolute atomic E-state index is 0.0139. The summed E-state index contributed by atoms with van der Waals surface area (Å²) in [5, 5.41) is 13.1. The van der Waals surface area contributed by atoms with Gasteiger partial charge in [0.1, 0.15) is 5.75 Å². The third-order valence-corrected chi connectivity index (χ3v) is 6.04. The SMILES string of the molecule is COc1ccc(S(=O)(=O)N2CCC[C@@H](C(=O)N[C@@H](C)C(=O)[O-])C2)cc1. The molecule has 1 heterocycles. The van der Waals surface area contributed by atoms with Crippen LogP contribution in [0.5, 0.6) is 5.75 Å². The molecule has 1 fully saturated rings. The highest BCUT2D eigenvalue weighted by Crippen LogP contribution is 2.25. The zero-order valence-electron chi connectivity index (χ0n) is 14.1. The quantitative estimate of drug-likeness (QED) is 0.712. The number of carboxylic acids is 1. The Kier molecular flexibility index (Phi) is 6.02. The van der Waals surface area contributed by atoms with Crippen LogP contribution < -0.4 is 15.2 Å². The summed E-state index contributed by atoms with van der Waals surface area (Å²) >= 11 is 0. The molecule has 0 aliphatic carbocycles. The van der Waals surface area contributed by atoms with Gasteiger partial charge in [-0.25, -0.2) is 8.42 Å². The standard InChI is InChI=1S/C16H22N2O6S/c1-11(16(20)21)17-15(19)12-4-3-9-18(10-12)25(22,23)14-7-5-13(24-2)6-8-14/h5-8,11-12H,3-4,9-10H2,1-2H3,(H,17,19)(H,20,21)/p-1/t11-,12+/m0/s1. The zero-order chi connectivity index (χ0) is 18.6. The van der Waals surface area contributed by atoms with Crippen molar-refractivity contribution >= 4 is 21.9 Å². The molecule has 8 nitrogen and oxygen atoms in total. The molecule has 0 spiro atoms. The molecule has 2 atom stereocenters. The fraction of sp³-hybridized carbons (Fsp3) is 0.500. The van der Waals surface area contributed by atoms with Gasteiger partial charge in [-0.05, 0) is 44.0 Å². The van der Waals surface area contributed by atoms with Gasteiger partial charge in [0, 0.05) is 13.1 Å². The summed E-state index contributed by atoms with van der Waals surface area (Å²) in [6.45, 7) is 1.63. The van der Waals surface area contributed by atoms with Crippen molar-refractivity contribution in [2.45, 2.75) is 30.7 Å². The summed E-state index contributed by atoms with van der Waals surface area (Å²) in [4.78, 5) is 23.0. The highest BCUT2D eigenvalue weighted by Gasteiger charge is 2.33. The number of nitrogens with zero attached hydrogens (tertiary/aromatic N) is 1. The number of piperidine rings is 1. The summed E-state index contributed by atoms with van der Waals surface area (Å²) in [5.74, 6) is -1.91. The average Bonchev–Trinajstić information content (AvgIpc) is 2.61. The van der Waals surface area contributed by atoms with Crippen LogP contribution in [0.1, 0.15) is 19.8 Å². The number of sulfonamides is 1. The van der Waals surface area contributed by atoms with Crippen molar-refractivity contribution in [3.63, 3.8) is 0 Å². The number of methoxy groups -OCH3 is 1. The number of ether oxygens (including phenoxy) is 1. The molecule has 2 rings (SSSR count). The van der Waals surface area contributed by atoms with E-state index in [1.165, 1.54) is 30.5 Å². The summed E-state index contributed by atoms with van der Waals surface area (Å²) in [6.07, 6.45) is 1.02. The molecule has 9 heteroatoms. The second-order valence-electron chi connectivity index (χ2n) is 5.93. The van der Waals surface area contributed by atoms with E-state index in [1.807, 2.05) is 0 Å². The van der Waals surface area contributed by atoms with Crippen LogP contribution in [0.15, 0.2) is 29.2 Å². The predicted molar refractivity (Wildman–Crippen MR) is 87.1 cm³/mol. The second-order valence-corrected chi connectivity index (χ2v) is 7.86. The van der Waals surface area contributed by atoms with Crippen molar-refractivity contribution in [2.24, 2.45) is 5.92 Å². The van der Waals surface area contributed by atoms with Crippen molar-refractivity contribution in [2.75, 3.05) is 20.2 Å². The second kappa shape index (κ2) is 7.83. The van der Waals surface area contributed by atoms with Crippen molar-refractivity contribution < 1.29 is 27.9 Å². The first kappa shape index (κ1) is 19.2. The van der Waals surface area contributed by atoms with E-state index < -0.39 is 33.9 Å². The maximum Gasteiger partial charge on any atom is 0.243 e. The van der Waals surface area contributed by atoms with Gasteiger partial charge in [-0.15, -0.1) is 0 Å². The van der Waals surface area contributed by atoms with Crippen molar-refractivity contribution in [1.82, 2.24) is 9.62 Å². The first-order valence-corrected chi connectivity index (χ1v) is 9.35. The van der Waals surface area contributed by atoms with Gasteiger partial charge < -0.3 is 20.0 Å². The van der Waals surface area contributed by atoms with Crippen LogP contribution in [0.4, 0.5) is 0 Å². The third-order valence-electron chi connectivity index (χ3n) is 4.16. The maximum atomic E-state index is 12.7. The van der Waals surface area contributed by atoms with Crippen molar-refractivity contribution in [1.29, 1.82) is 0 Å². The number of hydrogen-bond donors (Lipinski definition) is 1. The number of amides is 1. The molecule has 0 saturated carbocycles. The molecule has 1 amide bonds. The first-order chi connectivity index (χ1) is 11.8. The average molecular weight is 369 g/mol. The Morgan fingerprint density at radius 1 is 1.32 bits per heavy atom. The maximum absolute atomic E-state index is 12.7. The molecule has 0 bridgehead atoms. The van der Waals surface area contributed by atoms with E-state index in [0.29, 0.717) is 25.1 Å². The molecule has 1 N–H and O–H groups in total. The molecule has 1 aliphatic rings. The number of carbonyl (C=O) groups excluding carboxylic acids is 2. The van der Waals surface area contributed by atoms with Crippen LogP contribution in [0.3, 0.4) is 0 Å². The minimum Gasteiger partial charge on any atom is -0.548 e. The van der Waals surface area contributed by atoms with E-state index in [1.54, 1.807) is 12.1 Å². The Labute approximate surface area is 146 Å². The molecule has 1 saturated heterocycles. The Morgan fingerprint density at radius 3 is 2.52 bits per heavy atom. The van der Waals surface area contributed by atoms with Crippen LogP contribution in [0, 0.1) is 5.92 Å². The van der Waals surface area contributed by atoms with Crippen LogP contribution in [-0.4, -0.2) is 50.8 Å². The molecule has 1 aromatic carbocycles. The van der Waals surface area contributed by atoms with Gasteiger partial charge in [0.05, 0.1) is 29.9 Å². The monoisotopic (exact) mass is 369 g/mol. The predicted octanol–water partition coefficient (Wildman–Crippen LogP) is -0.649. The van der Waals surface area contributed by atoms with Gasteiger partial charge >= 0.3 is 0 Å². The van der Waals surface area contributed by atoms with Gasteiger partial charge in [-0.2, -0.15) is 4.31 Å². The lowest BCUT2D eigenvalue weighted by Gasteiger charge is -2.32. The molecular formula is C16H21N2O6S-. The molecule has 1 aliphatic heterocycles. The lowest BCUT2D eigenvalue weighted by Crippen LogP contribution is -2.51. The highest BCUT2D eigenvalue weighted by atomic mass is 32.2. The van der Waals surface area contributed by atoms with E-state index >= 15 is 0 Å². The third kappa shape index (κ3) is 4.49. The fourth-order valence-corrected chi connectivity index (χ4v) is 4.19. The van der Waals surface area contributed by atoms with Crippen molar-refractivity contribution in [3.8, 4) is 5.75 Å². The molecule has 1 aromatic rings. The molecule has 138 valence electrons. The van der Waals surface area contributed by atoms with Crippen LogP contribution >= 0.6 is 0 Å². The fourth-order valence-electron chi connectivity index (χ4n) is 2.66. The number of rotatable bonds is 6. The van der Waals surface area contributed by atoms with E-state index in [4.69, 9.17) is 4.74 Å². The number of benzene rings is 1. The molecule has 0 aromatic heterocycles. The molecular weight excluding hydrogens is 348 g/mol. The Hall–Kier alpha value is -2.13. The van der Waals surface area contributed by atoms with Gasteiger partial charge in [0.25, 0.3) is 0 Å². The van der Waals surface area contributed by atoms with E-state index in [2.05, 4.69) is 5.32 Å². The van der Waals surface area contributed by atoms with E-state index in [9.17, 15) is 23.1 Å². The molecule has 0 unspecified atom stereocenters. The topological polar surface area (TPSA) is 116 Å². The van der Waals surface area contributed by atoms with Gasteiger partial charge in [0.2, 0.25) is 15.9 Å². The lowest BCUT2D eigenvalue weighted by molar-refractivity contribution is -0.307. The first-order valence-electron chi connectivity index (χ1n) is 7.91. The van der Waals surface area contributed by atoms with Gasteiger partial charge in [-0.3, -0.25) is 4.79 Å². The largest absolute Gasteiger partial charge is 0.548 e. The van der Waals surface area contributed by atoms with Gasteiger partial charge in [-0.1, -0.05) is 0 Å².